The molecule has 2 fully saturated rings. The van der Waals surface area contributed by atoms with Crippen molar-refractivity contribution in [2.45, 2.75) is 31.3 Å². The lowest BCUT2D eigenvalue weighted by Crippen LogP contribution is -2.46. The van der Waals surface area contributed by atoms with Gasteiger partial charge in [0.05, 0.1) is 0 Å². The Balaban J connectivity index is 2.05. The molecule has 0 aromatic carbocycles. The molecule has 1 saturated carbocycles. The quantitative estimate of drug-likeness (QED) is 0.482. The Morgan fingerprint density at radius 2 is 2.22 bits per heavy atom. The molecule has 0 aromatic rings. The van der Waals surface area contributed by atoms with Crippen molar-refractivity contribution in [3.05, 3.63) is 0 Å². The molecule has 1 heterocycles. The van der Waals surface area contributed by atoms with Crippen LogP contribution < -0.4 is 11.1 Å². The van der Waals surface area contributed by atoms with E-state index in [-0.39, 0.29) is 0 Å². The molecule has 0 aromatic heterocycles. The van der Waals surface area contributed by atoms with Crippen molar-refractivity contribution in [3.63, 3.8) is 0 Å². The SMILES string of the molecule is NC1CNC2CCC1C2. The zero-order valence-electron chi connectivity index (χ0n) is 5.64. The number of hydrogen-bond acceptors (Lipinski definition) is 2. The van der Waals surface area contributed by atoms with Gasteiger partial charge in [-0.15, -0.1) is 0 Å². The van der Waals surface area contributed by atoms with Crippen molar-refractivity contribution < 1.29 is 0 Å². The summed E-state index contributed by atoms with van der Waals surface area (Å²) in [5, 5.41) is 3.44. The minimum absolute atomic E-state index is 0.448. The second-order valence-electron chi connectivity index (χ2n) is 3.34. The van der Waals surface area contributed by atoms with Gasteiger partial charge in [-0.25, -0.2) is 0 Å². The van der Waals surface area contributed by atoms with Crippen LogP contribution in [0.15, 0.2) is 0 Å². The molecule has 0 radical (unpaired) electrons. The van der Waals surface area contributed by atoms with Crippen LogP contribution in [0, 0.1) is 5.92 Å². The number of piperidine rings is 1. The molecule has 0 spiro atoms. The smallest absolute Gasteiger partial charge is 0.0194 e. The summed E-state index contributed by atoms with van der Waals surface area (Å²) >= 11 is 0. The second-order valence-corrected chi connectivity index (χ2v) is 3.34. The summed E-state index contributed by atoms with van der Waals surface area (Å²) in [5.41, 5.74) is 5.85. The fourth-order valence-electron chi connectivity index (χ4n) is 2.06. The molecular formula is C7H14N2. The topological polar surface area (TPSA) is 38.0 Å². The van der Waals surface area contributed by atoms with Gasteiger partial charge in [-0.3, -0.25) is 0 Å². The largest absolute Gasteiger partial charge is 0.326 e. The van der Waals surface area contributed by atoms with Gasteiger partial charge in [-0.2, -0.15) is 0 Å². The summed E-state index contributed by atoms with van der Waals surface area (Å²) in [4.78, 5) is 0. The van der Waals surface area contributed by atoms with Crippen LogP contribution in [0.3, 0.4) is 0 Å². The van der Waals surface area contributed by atoms with E-state index < -0.39 is 0 Å². The molecular weight excluding hydrogens is 112 g/mol. The maximum Gasteiger partial charge on any atom is 0.0194 e. The Hall–Kier alpha value is -0.0800. The molecule has 2 aliphatic rings. The summed E-state index contributed by atoms with van der Waals surface area (Å²) < 4.78 is 0. The van der Waals surface area contributed by atoms with Gasteiger partial charge in [-0.1, -0.05) is 0 Å². The average molecular weight is 126 g/mol. The number of hydrogen-bond donors (Lipinski definition) is 2. The van der Waals surface area contributed by atoms with Gasteiger partial charge < -0.3 is 11.1 Å². The van der Waals surface area contributed by atoms with E-state index in [1.807, 2.05) is 0 Å². The zero-order valence-corrected chi connectivity index (χ0v) is 5.64. The summed E-state index contributed by atoms with van der Waals surface area (Å²) in [6.07, 6.45) is 4.05. The molecule has 1 aliphatic carbocycles. The van der Waals surface area contributed by atoms with Crippen LogP contribution in [0.4, 0.5) is 0 Å². The molecule has 3 unspecified atom stereocenters. The molecule has 0 amide bonds. The summed E-state index contributed by atoms with van der Waals surface area (Å²) in [6, 6.07) is 1.26. The van der Waals surface area contributed by atoms with E-state index in [1.165, 1.54) is 19.3 Å². The molecule has 2 rings (SSSR count). The van der Waals surface area contributed by atoms with E-state index in [1.54, 1.807) is 0 Å². The summed E-state index contributed by atoms with van der Waals surface area (Å²) in [7, 11) is 0. The standard InChI is InChI=1S/C7H14N2/c8-7-4-9-6-2-1-5(7)3-6/h5-7,9H,1-4,8H2. The lowest BCUT2D eigenvalue weighted by Gasteiger charge is -2.26. The van der Waals surface area contributed by atoms with Crippen molar-refractivity contribution in [2.24, 2.45) is 11.7 Å². The Labute approximate surface area is 55.8 Å². The Morgan fingerprint density at radius 1 is 1.33 bits per heavy atom. The highest BCUT2D eigenvalue weighted by molar-refractivity contribution is 4.92. The van der Waals surface area contributed by atoms with Gasteiger partial charge in [0.25, 0.3) is 0 Å². The fraction of sp³-hybridized carbons (Fsp3) is 1.00. The second kappa shape index (κ2) is 1.96. The molecule has 2 heteroatoms. The van der Waals surface area contributed by atoms with Crippen LogP contribution in [0.2, 0.25) is 0 Å². The van der Waals surface area contributed by atoms with Crippen LogP contribution >= 0.6 is 0 Å². The van der Waals surface area contributed by atoms with Crippen molar-refractivity contribution >= 4 is 0 Å². The highest BCUT2D eigenvalue weighted by Gasteiger charge is 2.32. The maximum absolute atomic E-state index is 5.85. The lowest BCUT2D eigenvalue weighted by atomic mass is 9.96. The van der Waals surface area contributed by atoms with E-state index >= 15 is 0 Å². The van der Waals surface area contributed by atoms with E-state index in [2.05, 4.69) is 5.32 Å². The number of rotatable bonds is 0. The van der Waals surface area contributed by atoms with Gasteiger partial charge in [0.2, 0.25) is 0 Å². The van der Waals surface area contributed by atoms with Crippen LogP contribution in [-0.4, -0.2) is 18.6 Å². The van der Waals surface area contributed by atoms with Gasteiger partial charge in [0, 0.05) is 18.6 Å². The molecule has 9 heavy (non-hydrogen) atoms. The highest BCUT2D eigenvalue weighted by atomic mass is 15.0. The number of nitrogens with one attached hydrogen (secondary N) is 1. The van der Waals surface area contributed by atoms with Crippen LogP contribution in [0.1, 0.15) is 19.3 Å². The van der Waals surface area contributed by atoms with Gasteiger partial charge in [0.15, 0.2) is 0 Å². The zero-order chi connectivity index (χ0) is 6.27. The lowest BCUT2D eigenvalue weighted by molar-refractivity contribution is 0.341. The number of fused-ring (bicyclic) bond motifs is 2. The van der Waals surface area contributed by atoms with Crippen molar-refractivity contribution in [1.82, 2.24) is 5.32 Å². The third-order valence-electron chi connectivity index (χ3n) is 2.72. The van der Waals surface area contributed by atoms with Gasteiger partial charge >= 0.3 is 0 Å². The molecule has 3 N–H and O–H groups in total. The summed E-state index contributed by atoms with van der Waals surface area (Å²) in [6.45, 7) is 1.05. The molecule has 52 valence electrons. The van der Waals surface area contributed by atoms with Gasteiger partial charge in [-0.05, 0) is 25.2 Å². The highest BCUT2D eigenvalue weighted by Crippen LogP contribution is 2.30. The van der Waals surface area contributed by atoms with Crippen molar-refractivity contribution in [3.8, 4) is 0 Å². The molecule has 1 aliphatic heterocycles. The number of nitrogens with two attached hydrogens (primary N) is 1. The average Bonchev–Trinajstić information content (AvgIpc) is 2.25. The first-order chi connectivity index (χ1) is 4.36. The molecule has 2 bridgehead atoms. The Kier molecular flexibility index (Phi) is 1.24. The van der Waals surface area contributed by atoms with Crippen LogP contribution in [0.5, 0.6) is 0 Å². The first kappa shape index (κ1) is 5.69. The maximum atomic E-state index is 5.85. The van der Waals surface area contributed by atoms with Crippen molar-refractivity contribution in [2.75, 3.05) is 6.54 Å². The normalized spacial score (nSPS) is 49.7. The fourth-order valence-corrected chi connectivity index (χ4v) is 2.06. The van der Waals surface area contributed by atoms with Crippen molar-refractivity contribution in [1.29, 1.82) is 0 Å². The van der Waals surface area contributed by atoms with Gasteiger partial charge in [0.1, 0.15) is 0 Å². The van der Waals surface area contributed by atoms with E-state index in [9.17, 15) is 0 Å². The molecule has 1 saturated heterocycles. The Morgan fingerprint density at radius 3 is 3.00 bits per heavy atom. The predicted molar refractivity (Wildman–Crippen MR) is 37.1 cm³/mol. The molecule has 2 nitrogen and oxygen atoms in total. The first-order valence-electron chi connectivity index (χ1n) is 3.85. The minimum atomic E-state index is 0.448. The minimum Gasteiger partial charge on any atom is -0.326 e. The predicted octanol–water partition coefficient (Wildman–Crippen LogP) is 0.0856. The third-order valence-corrected chi connectivity index (χ3v) is 2.72. The molecule has 3 atom stereocenters. The van der Waals surface area contributed by atoms with E-state index in [0.717, 1.165) is 18.5 Å². The van der Waals surface area contributed by atoms with E-state index in [4.69, 9.17) is 5.73 Å². The Bertz CT molecular complexity index is 113. The monoisotopic (exact) mass is 126 g/mol. The first-order valence-corrected chi connectivity index (χ1v) is 3.85. The third kappa shape index (κ3) is 0.864. The van der Waals surface area contributed by atoms with E-state index in [0.29, 0.717) is 6.04 Å². The van der Waals surface area contributed by atoms with Crippen LogP contribution in [-0.2, 0) is 0 Å². The summed E-state index contributed by atoms with van der Waals surface area (Å²) in [5.74, 6) is 0.844. The van der Waals surface area contributed by atoms with Crippen LogP contribution in [0.25, 0.3) is 0 Å².